The van der Waals surface area contributed by atoms with Crippen LogP contribution in [0, 0.1) is 12.7 Å². The molecule has 6 heteroatoms. The standard InChI is InChI=1S/C24H18ClFN2O2/c1-15-7-10-18(25)13-20(15)27-22-21(17-5-3-2-4-6-17)23(29)28(24(22)30)14-16-8-11-19(26)12-9-16/h2-13,27H,14H2,1H3. The van der Waals surface area contributed by atoms with Crippen molar-refractivity contribution >= 4 is 34.7 Å². The summed E-state index contributed by atoms with van der Waals surface area (Å²) in [6.07, 6.45) is 0. The lowest BCUT2D eigenvalue weighted by molar-refractivity contribution is -0.137. The monoisotopic (exact) mass is 420 g/mol. The molecular weight excluding hydrogens is 403 g/mol. The molecular formula is C24H18ClFN2O2. The highest BCUT2D eigenvalue weighted by molar-refractivity contribution is 6.36. The second-order valence-electron chi connectivity index (χ2n) is 7.02. The quantitative estimate of drug-likeness (QED) is 0.578. The Kier molecular flexibility index (Phi) is 5.38. The van der Waals surface area contributed by atoms with Crippen LogP contribution in [0.5, 0.6) is 0 Å². The Bertz CT molecular complexity index is 1160. The van der Waals surface area contributed by atoms with Gasteiger partial charge < -0.3 is 5.32 Å². The fraction of sp³-hybridized carbons (Fsp3) is 0.0833. The molecule has 150 valence electrons. The van der Waals surface area contributed by atoms with Crippen molar-refractivity contribution in [1.29, 1.82) is 0 Å². The van der Waals surface area contributed by atoms with Gasteiger partial charge in [0.25, 0.3) is 11.8 Å². The Labute approximate surface area is 178 Å². The van der Waals surface area contributed by atoms with Gasteiger partial charge in [-0.15, -0.1) is 0 Å². The van der Waals surface area contributed by atoms with Crippen LogP contribution in [-0.4, -0.2) is 16.7 Å². The predicted molar refractivity (Wildman–Crippen MR) is 115 cm³/mol. The van der Waals surface area contributed by atoms with E-state index in [4.69, 9.17) is 11.6 Å². The summed E-state index contributed by atoms with van der Waals surface area (Å²) in [5, 5.41) is 3.65. The molecule has 1 aliphatic heterocycles. The number of halogens is 2. The first-order valence-corrected chi connectivity index (χ1v) is 9.75. The van der Waals surface area contributed by atoms with E-state index in [1.165, 1.54) is 12.1 Å². The van der Waals surface area contributed by atoms with Crippen LogP contribution in [-0.2, 0) is 16.1 Å². The van der Waals surface area contributed by atoms with Gasteiger partial charge >= 0.3 is 0 Å². The van der Waals surface area contributed by atoms with Crippen LogP contribution in [0.15, 0.2) is 78.5 Å². The van der Waals surface area contributed by atoms with Gasteiger partial charge in [0, 0.05) is 10.7 Å². The van der Waals surface area contributed by atoms with Gasteiger partial charge in [-0.3, -0.25) is 14.5 Å². The molecule has 0 radical (unpaired) electrons. The van der Waals surface area contributed by atoms with Crippen molar-refractivity contribution < 1.29 is 14.0 Å². The van der Waals surface area contributed by atoms with Crippen LogP contribution >= 0.6 is 11.6 Å². The van der Waals surface area contributed by atoms with Crippen molar-refractivity contribution in [3.63, 3.8) is 0 Å². The molecule has 0 aromatic heterocycles. The first-order valence-electron chi connectivity index (χ1n) is 9.37. The number of benzene rings is 3. The fourth-order valence-corrected chi connectivity index (χ4v) is 3.52. The number of nitrogens with one attached hydrogen (secondary N) is 1. The van der Waals surface area contributed by atoms with Gasteiger partial charge in [0.05, 0.1) is 12.1 Å². The van der Waals surface area contributed by atoms with E-state index in [0.717, 1.165) is 10.5 Å². The summed E-state index contributed by atoms with van der Waals surface area (Å²) in [7, 11) is 0. The number of hydrogen-bond acceptors (Lipinski definition) is 3. The molecule has 0 saturated carbocycles. The smallest absolute Gasteiger partial charge is 0.278 e. The lowest BCUT2D eigenvalue weighted by atomic mass is 10.0. The third kappa shape index (κ3) is 3.84. The maximum atomic E-state index is 13.2. The molecule has 0 bridgehead atoms. The Morgan fingerprint density at radius 1 is 0.933 bits per heavy atom. The largest absolute Gasteiger partial charge is 0.350 e. The summed E-state index contributed by atoms with van der Waals surface area (Å²) < 4.78 is 13.2. The average Bonchev–Trinajstić information content (AvgIpc) is 2.97. The first kappa shape index (κ1) is 19.9. The summed E-state index contributed by atoms with van der Waals surface area (Å²) in [5.74, 6) is -1.22. The molecule has 0 unspecified atom stereocenters. The van der Waals surface area contributed by atoms with Crippen LogP contribution in [0.1, 0.15) is 16.7 Å². The van der Waals surface area contributed by atoms with Gasteiger partial charge in [0.2, 0.25) is 0 Å². The van der Waals surface area contributed by atoms with Gasteiger partial charge in [-0.1, -0.05) is 60.1 Å². The molecule has 4 nitrogen and oxygen atoms in total. The number of carbonyl (C=O) groups excluding carboxylic acids is 2. The Balaban J connectivity index is 1.75. The summed E-state index contributed by atoms with van der Waals surface area (Å²) >= 11 is 6.12. The van der Waals surface area contributed by atoms with Gasteiger partial charge in [-0.2, -0.15) is 0 Å². The molecule has 3 aromatic carbocycles. The maximum absolute atomic E-state index is 13.2. The number of aryl methyl sites for hydroxylation is 1. The van der Waals surface area contributed by atoms with E-state index in [9.17, 15) is 14.0 Å². The summed E-state index contributed by atoms with van der Waals surface area (Å²) in [6.45, 7) is 1.94. The molecule has 0 spiro atoms. The first-order chi connectivity index (χ1) is 14.4. The number of anilines is 1. The second kappa shape index (κ2) is 8.13. The zero-order valence-electron chi connectivity index (χ0n) is 16.2. The van der Waals surface area contributed by atoms with Crippen molar-refractivity contribution in [3.8, 4) is 0 Å². The number of imide groups is 1. The number of amides is 2. The third-order valence-corrected chi connectivity index (χ3v) is 5.18. The Hall–Kier alpha value is -3.44. The van der Waals surface area contributed by atoms with E-state index in [1.54, 1.807) is 36.4 Å². The van der Waals surface area contributed by atoms with Crippen molar-refractivity contribution in [3.05, 3.63) is 106 Å². The van der Waals surface area contributed by atoms with E-state index in [0.29, 0.717) is 27.4 Å². The SMILES string of the molecule is Cc1ccc(Cl)cc1NC1=C(c2ccccc2)C(=O)N(Cc2ccc(F)cc2)C1=O. The minimum Gasteiger partial charge on any atom is -0.350 e. The van der Waals surface area contributed by atoms with Crippen molar-refractivity contribution in [1.82, 2.24) is 4.90 Å². The normalized spacial score (nSPS) is 13.9. The Morgan fingerprint density at radius 3 is 2.33 bits per heavy atom. The number of hydrogen-bond donors (Lipinski definition) is 1. The minimum atomic E-state index is -0.442. The summed E-state index contributed by atoms with van der Waals surface area (Å²) in [6, 6.07) is 20.1. The zero-order valence-corrected chi connectivity index (χ0v) is 16.9. The van der Waals surface area contributed by atoms with Crippen molar-refractivity contribution in [2.75, 3.05) is 5.32 Å². The predicted octanol–water partition coefficient (Wildman–Crippen LogP) is 5.18. The molecule has 1 N–H and O–H groups in total. The molecule has 1 heterocycles. The second-order valence-corrected chi connectivity index (χ2v) is 7.46. The van der Waals surface area contributed by atoms with Crippen LogP contribution in [0.4, 0.5) is 10.1 Å². The van der Waals surface area contributed by atoms with Crippen molar-refractivity contribution in [2.45, 2.75) is 13.5 Å². The molecule has 0 aliphatic carbocycles. The van der Waals surface area contributed by atoms with Crippen molar-refractivity contribution in [2.24, 2.45) is 0 Å². The van der Waals surface area contributed by atoms with Crippen LogP contribution in [0.2, 0.25) is 5.02 Å². The van der Waals surface area contributed by atoms with Crippen LogP contribution < -0.4 is 5.32 Å². The lowest BCUT2D eigenvalue weighted by Crippen LogP contribution is -2.32. The molecule has 0 fully saturated rings. The highest BCUT2D eigenvalue weighted by Crippen LogP contribution is 2.32. The average molecular weight is 421 g/mol. The zero-order chi connectivity index (χ0) is 21.3. The van der Waals surface area contributed by atoms with E-state index in [-0.39, 0.29) is 18.1 Å². The molecule has 2 amide bonds. The van der Waals surface area contributed by atoms with E-state index in [1.807, 2.05) is 31.2 Å². The van der Waals surface area contributed by atoms with Crippen LogP contribution in [0.25, 0.3) is 5.57 Å². The van der Waals surface area contributed by atoms with Gasteiger partial charge in [-0.05, 0) is 47.9 Å². The number of carbonyl (C=O) groups is 2. The number of rotatable bonds is 5. The molecule has 1 aliphatic rings. The van der Waals surface area contributed by atoms with Gasteiger partial charge in [-0.25, -0.2) is 4.39 Å². The topological polar surface area (TPSA) is 49.4 Å². The van der Waals surface area contributed by atoms with Gasteiger partial charge in [0.1, 0.15) is 11.5 Å². The maximum Gasteiger partial charge on any atom is 0.278 e. The molecule has 4 rings (SSSR count). The third-order valence-electron chi connectivity index (χ3n) is 4.94. The molecule has 0 saturated heterocycles. The number of nitrogens with zero attached hydrogens (tertiary/aromatic N) is 1. The van der Waals surface area contributed by atoms with E-state index < -0.39 is 11.8 Å². The lowest BCUT2D eigenvalue weighted by Gasteiger charge is -2.16. The van der Waals surface area contributed by atoms with E-state index >= 15 is 0 Å². The summed E-state index contributed by atoms with van der Waals surface area (Å²) in [5.41, 5.74) is 3.32. The van der Waals surface area contributed by atoms with E-state index in [2.05, 4.69) is 5.32 Å². The summed E-state index contributed by atoms with van der Waals surface area (Å²) in [4.78, 5) is 27.7. The molecule has 30 heavy (non-hydrogen) atoms. The Morgan fingerprint density at radius 2 is 1.63 bits per heavy atom. The minimum absolute atomic E-state index is 0.0496. The molecule has 3 aromatic rings. The van der Waals surface area contributed by atoms with Crippen LogP contribution in [0.3, 0.4) is 0 Å². The highest BCUT2D eigenvalue weighted by atomic mass is 35.5. The molecule has 0 atom stereocenters. The highest BCUT2D eigenvalue weighted by Gasteiger charge is 2.39. The fourth-order valence-electron chi connectivity index (χ4n) is 3.34. The van der Waals surface area contributed by atoms with Gasteiger partial charge in [0.15, 0.2) is 0 Å².